The average molecular weight is 222 g/mol. The molecule has 1 aromatic carbocycles. The monoisotopic (exact) mass is 222 g/mol. The van der Waals surface area contributed by atoms with Crippen LogP contribution in [0.1, 0.15) is 31.4 Å². The largest absolute Gasteiger partial charge is 0.466 e. The fourth-order valence-electron chi connectivity index (χ4n) is 1.58. The number of esters is 1. The number of aryl methyl sites for hydroxylation is 1. The van der Waals surface area contributed by atoms with Gasteiger partial charge in [0.25, 0.3) is 0 Å². The SMILES string of the molecule is CCOC(=O)CC(C)(O)c1cccc(C)c1. The lowest BCUT2D eigenvalue weighted by Gasteiger charge is -2.23. The summed E-state index contributed by atoms with van der Waals surface area (Å²) in [6.45, 7) is 5.66. The summed E-state index contributed by atoms with van der Waals surface area (Å²) in [5.74, 6) is -0.381. The van der Waals surface area contributed by atoms with Crippen LogP contribution in [0.4, 0.5) is 0 Å². The predicted octanol–water partition coefficient (Wildman–Crippen LogP) is 2.16. The van der Waals surface area contributed by atoms with Crippen LogP contribution in [-0.2, 0) is 15.1 Å². The van der Waals surface area contributed by atoms with E-state index in [1.54, 1.807) is 13.8 Å². The molecule has 88 valence electrons. The standard InChI is InChI=1S/C13H18O3/c1-4-16-12(14)9-13(3,15)11-7-5-6-10(2)8-11/h5-8,15H,4,9H2,1-3H3. The molecule has 0 aliphatic rings. The molecule has 0 heterocycles. The Labute approximate surface area is 96.1 Å². The van der Waals surface area contributed by atoms with E-state index in [1.807, 2.05) is 31.2 Å². The van der Waals surface area contributed by atoms with Crippen molar-refractivity contribution in [1.29, 1.82) is 0 Å². The third kappa shape index (κ3) is 3.35. The first kappa shape index (κ1) is 12.7. The number of benzene rings is 1. The summed E-state index contributed by atoms with van der Waals surface area (Å²) in [6.07, 6.45) is -0.0235. The zero-order chi connectivity index (χ0) is 12.2. The number of aliphatic hydroxyl groups is 1. The number of hydrogen-bond donors (Lipinski definition) is 1. The van der Waals surface area contributed by atoms with Gasteiger partial charge in [0, 0.05) is 0 Å². The molecule has 0 amide bonds. The highest BCUT2D eigenvalue weighted by atomic mass is 16.5. The molecule has 0 radical (unpaired) electrons. The van der Waals surface area contributed by atoms with Gasteiger partial charge in [0.15, 0.2) is 0 Å². The van der Waals surface area contributed by atoms with Gasteiger partial charge in [-0.3, -0.25) is 4.79 Å². The summed E-state index contributed by atoms with van der Waals surface area (Å²) in [5.41, 5.74) is 0.625. The Balaban J connectivity index is 2.81. The molecule has 16 heavy (non-hydrogen) atoms. The van der Waals surface area contributed by atoms with E-state index >= 15 is 0 Å². The summed E-state index contributed by atoms with van der Waals surface area (Å²) in [4.78, 5) is 11.3. The number of rotatable bonds is 4. The molecular formula is C13H18O3. The first-order valence-corrected chi connectivity index (χ1v) is 5.41. The number of carbonyl (C=O) groups excluding carboxylic acids is 1. The van der Waals surface area contributed by atoms with Crippen LogP contribution in [0, 0.1) is 6.92 Å². The highest BCUT2D eigenvalue weighted by Gasteiger charge is 2.27. The van der Waals surface area contributed by atoms with E-state index in [2.05, 4.69) is 0 Å². The minimum absolute atomic E-state index is 0.0235. The third-order valence-electron chi connectivity index (χ3n) is 2.43. The van der Waals surface area contributed by atoms with Gasteiger partial charge in [0.2, 0.25) is 0 Å². The minimum Gasteiger partial charge on any atom is -0.466 e. The van der Waals surface area contributed by atoms with Gasteiger partial charge in [-0.1, -0.05) is 29.8 Å². The second kappa shape index (κ2) is 5.12. The van der Waals surface area contributed by atoms with Gasteiger partial charge in [-0.15, -0.1) is 0 Å². The molecule has 0 aliphatic heterocycles. The van der Waals surface area contributed by atoms with E-state index in [-0.39, 0.29) is 12.4 Å². The topological polar surface area (TPSA) is 46.5 Å². The predicted molar refractivity (Wildman–Crippen MR) is 62.0 cm³/mol. The Morgan fingerprint density at radius 2 is 2.19 bits per heavy atom. The lowest BCUT2D eigenvalue weighted by atomic mass is 9.91. The molecule has 0 saturated heterocycles. The van der Waals surface area contributed by atoms with Crippen molar-refractivity contribution in [1.82, 2.24) is 0 Å². The van der Waals surface area contributed by atoms with Crippen molar-refractivity contribution in [3.05, 3.63) is 35.4 Å². The lowest BCUT2D eigenvalue weighted by molar-refractivity contribution is -0.148. The maximum Gasteiger partial charge on any atom is 0.309 e. The summed E-state index contributed by atoms with van der Waals surface area (Å²) >= 11 is 0. The molecule has 1 atom stereocenters. The Morgan fingerprint density at radius 3 is 2.75 bits per heavy atom. The number of hydrogen-bond acceptors (Lipinski definition) is 3. The van der Waals surface area contributed by atoms with E-state index in [1.165, 1.54) is 0 Å². The molecule has 1 rings (SSSR count). The van der Waals surface area contributed by atoms with Crippen molar-refractivity contribution in [3.8, 4) is 0 Å². The van der Waals surface area contributed by atoms with E-state index < -0.39 is 5.60 Å². The summed E-state index contributed by atoms with van der Waals surface area (Å²) in [6, 6.07) is 7.50. The van der Waals surface area contributed by atoms with Gasteiger partial charge >= 0.3 is 5.97 Å². The molecule has 0 bridgehead atoms. The van der Waals surface area contributed by atoms with Crippen molar-refractivity contribution in [3.63, 3.8) is 0 Å². The van der Waals surface area contributed by atoms with Crippen LogP contribution in [-0.4, -0.2) is 17.7 Å². The normalized spacial score (nSPS) is 14.2. The van der Waals surface area contributed by atoms with Crippen LogP contribution < -0.4 is 0 Å². The molecule has 3 nitrogen and oxygen atoms in total. The van der Waals surface area contributed by atoms with Crippen LogP contribution >= 0.6 is 0 Å². The Kier molecular flexibility index (Phi) is 4.07. The van der Waals surface area contributed by atoms with Crippen molar-refractivity contribution in [2.24, 2.45) is 0 Å². The highest BCUT2D eigenvalue weighted by molar-refractivity contribution is 5.71. The molecule has 0 aliphatic carbocycles. The molecule has 1 N–H and O–H groups in total. The summed E-state index contributed by atoms with van der Waals surface area (Å²) < 4.78 is 4.83. The van der Waals surface area contributed by atoms with Crippen LogP contribution in [0.25, 0.3) is 0 Å². The summed E-state index contributed by atoms with van der Waals surface area (Å²) in [5, 5.41) is 10.2. The molecule has 0 saturated carbocycles. The zero-order valence-electron chi connectivity index (χ0n) is 9.99. The number of carbonyl (C=O) groups is 1. The first-order chi connectivity index (χ1) is 7.45. The fourth-order valence-corrected chi connectivity index (χ4v) is 1.58. The van der Waals surface area contributed by atoms with Crippen LogP contribution in [0.15, 0.2) is 24.3 Å². The zero-order valence-corrected chi connectivity index (χ0v) is 9.99. The van der Waals surface area contributed by atoms with Crippen LogP contribution in [0.3, 0.4) is 0 Å². The fraction of sp³-hybridized carbons (Fsp3) is 0.462. The molecule has 0 fully saturated rings. The smallest absolute Gasteiger partial charge is 0.309 e. The minimum atomic E-state index is -1.17. The van der Waals surface area contributed by atoms with Crippen molar-refractivity contribution in [2.45, 2.75) is 32.8 Å². The molecule has 3 heteroatoms. The van der Waals surface area contributed by atoms with Gasteiger partial charge in [-0.2, -0.15) is 0 Å². The van der Waals surface area contributed by atoms with E-state index in [9.17, 15) is 9.90 Å². The molecule has 0 aromatic heterocycles. The second-order valence-corrected chi connectivity index (χ2v) is 4.13. The van der Waals surface area contributed by atoms with E-state index in [0.717, 1.165) is 11.1 Å². The molecule has 1 unspecified atom stereocenters. The Bertz CT molecular complexity index is 369. The Morgan fingerprint density at radius 1 is 1.50 bits per heavy atom. The van der Waals surface area contributed by atoms with Crippen LogP contribution in [0.2, 0.25) is 0 Å². The second-order valence-electron chi connectivity index (χ2n) is 4.13. The van der Waals surface area contributed by atoms with Gasteiger partial charge in [0.1, 0.15) is 0 Å². The Hall–Kier alpha value is -1.35. The van der Waals surface area contributed by atoms with Crippen molar-refractivity contribution < 1.29 is 14.6 Å². The van der Waals surface area contributed by atoms with Crippen molar-refractivity contribution >= 4 is 5.97 Å². The van der Waals surface area contributed by atoms with Gasteiger partial charge in [-0.05, 0) is 26.3 Å². The molecule has 1 aromatic rings. The summed E-state index contributed by atoms with van der Waals surface area (Å²) in [7, 11) is 0. The average Bonchev–Trinajstić information content (AvgIpc) is 2.17. The lowest BCUT2D eigenvalue weighted by Crippen LogP contribution is -2.26. The van der Waals surface area contributed by atoms with E-state index in [4.69, 9.17) is 4.74 Å². The number of ether oxygens (including phenoxy) is 1. The van der Waals surface area contributed by atoms with Gasteiger partial charge in [0.05, 0.1) is 18.6 Å². The maximum atomic E-state index is 11.3. The first-order valence-electron chi connectivity index (χ1n) is 5.41. The van der Waals surface area contributed by atoms with Gasteiger partial charge in [-0.25, -0.2) is 0 Å². The van der Waals surface area contributed by atoms with Crippen LogP contribution in [0.5, 0.6) is 0 Å². The molecule has 0 spiro atoms. The highest BCUT2D eigenvalue weighted by Crippen LogP contribution is 2.25. The van der Waals surface area contributed by atoms with E-state index in [0.29, 0.717) is 6.61 Å². The maximum absolute atomic E-state index is 11.3. The van der Waals surface area contributed by atoms with Gasteiger partial charge < -0.3 is 9.84 Å². The quantitative estimate of drug-likeness (QED) is 0.794. The van der Waals surface area contributed by atoms with Crippen molar-refractivity contribution in [2.75, 3.05) is 6.61 Å². The third-order valence-corrected chi connectivity index (χ3v) is 2.43. The molecular weight excluding hydrogens is 204 g/mol.